The molecule has 1 rings (SSSR count). The summed E-state index contributed by atoms with van der Waals surface area (Å²) in [5.41, 5.74) is 7.47. The average Bonchev–Trinajstić information content (AvgIpc) is 2.21. The molecule has 1 heterocycles. The highest BCUT2D eigenvalue weighted by Gasteiger charge is 2.08. The molecule has 1 aromatic rings. The Morgan fingerprint density at radius 1 is 1.59 bits per heavy atom. The first-order valence-corrected chi connectivity index (χ1v) is 6.65. The predicted molar refractivity (Wildman–Crippen MR) is 62.6 cm³/mol. The number of hydrogen-bond acceptors (Lipinski definition) is 6. The number of anilines is 1. The Morgan fingerprint density at radius 3 is 2.76 bits per heavy atom. The lowest BCUT2D eigenvalue weighted by Gasteiger charge is -2.06. The molecule has 0 aliphatic carbocycles. The zero-order valence-corrected chi connectivity index (χ0v) is 10.4. The van der Waals surface area contributed by atoms with E-state index in [0.717, 1.165) is 11.8 Å². The summed E-state index contributed by atoms with van der Waals surface area (Å²) in [6.07, 6.45) is 1.29. The SMILES string of the molecule is Cc1cc(CCOS(C)(=O)=O)nc(C#N)c1N. The molecular weight excluding hydrogens is 242 g/mol. The minimum atomic E-state index is -3.45. The Kier molecular flexibility index (Phi) is 4.04. The van der Waals surface area contributed by atoms with Crippen molar-refractivity contribution >= 4 is 15.8 Å². The van der Waals surface area contributed by atoms with Crippen LogP contribution in [0.3, 0.4) is 0 Å². The van der Waals surface area contributed by atoms with E-state index >= 15 is 0 Å². The van der Waals surface area contributed by atoms with E-state index in [1.54, 1.807) is 13.0 Å². The van der Waals surface area contributed by atoms with E-state index in [-0.39, 0.29) is 12.3 Å². The lowest BCUT2D eigenvalue weighted by molar-refractivity contribution is 0.324. The van der Waals surface area contributed by atoms with Gasteiger partial charge in [0.2, 0.25) is 0 Å². The van der Waals surface area contributed by atoms with Crippen LogP contribution in [0.4, 0.5) is 5.69 Å². The maximum Gasteiger partial charge on any atom is 0.264 e. The number of nitrogens with zero attached hydrogens (tertiary/aromatic N) is 2. The Hall–Kier alpha value is -1.65. The lowest BCUT2D eigenvalue weighted by atomic mass is 10.1. The number of nitrogen functional groups attached to an aromatic ring is 1. The quantitative estimate of drug-likeness (QED) is 0.779. The second-order valence-electron chi connectivity index (χ2n) is 3.58. The molecule has 7 heteroatoms. The van der Waals surface area contributed by atoms with Gasteiger partial charge in [0.15, 0.2) is 5.69 Å². The zero-order chi connectivity index (χ0) is 13.1. The van der Waals surface area contributed by atoms with Gasteiger partial charge in [0.1, 0.15) is 6.07 Å². The monoisotopic (exact) mass is 255 g/mol. The van der Waals surface area contributed by atoms with Gasteiger partial charge in [-0.1, -0.05) is 0 Å². The molecule has 1 aromatic heterocycles. The Balaban J connectivity index is 2.80. The molecule has 17 heavy (non-hydrogen) atoms. The molecule has 0 unspecified atom stereocenters. The van der Waals surface area contributed by atoms with Crippen molar-refractivity contribution < 1.29 is 12.6 Å². The Labute approximate surface area is 100 Å². The summed E-state index contributed by atoms with van der Waals surface area (Å²) in [5.74, 6) is 0. The number of aromatic nitrogens is 1. The van der Waals surface area contributed by atoms with Crippen LogP contribution in [-0.2, 0) is 20.7 Å². The molecule has 0 amide bonds. The first-order valence-electron chi connectivity index (χ1n) is 4.84. The van der Waals surface area contributed by atoms with E-state index in [1.807, 2.05) is 6.07 Å². The van der Waals surface area contributed by atoms with Gasteiger partial charge in [-0.3, -0.25) is 4.18 Å². The highest BCUT2D eigenvalue weighted by atomic mass is 32.2. The molecule has 0 spiro atoms. The third-order valence-electron chi connectivity index (χ3n) is 2.08. The maximum absolute atomic E-state index is 10.8. The standard InChI is InChI=1S/C10H13N3O3S/c1-7-5-8(3-4-16-17(2,14)15)13-9(6-11)10(7)12/h5H,3-4,12H2,1-2H3. The van der Waals surface area contributed by atoms with Crippen LogP contribution in [0.2, 0.25) is 0 Å². The molecule has 0 bridgehead atoms. The molecule has 6 nitrogen and oxygen atoms in total. The molecular formula is C10H13N3O3S. The van der Waals surface area contributed by atoms with Crippen LogP contribution in [0.25, 0.3) is 0 Å². The van der Waals surface area contributed by atoms with E-state index < -0.39 is 10.1 Å². The number of rotatable bonds is 4. The molecule has 92 valence electrons. The van der Waals surface area contributed by atoms with Crippen LogP contribution in [0.1, 0.15) is 17.0 Å². The van der Waals surface area contributed by atoms with Gasteiger partial charge < -0.3 is 5.73 Å². The van der Waals surface area contributed by atoms with Gasteiger partial charge in [-0.2, -0.15) is 13.7 Å². The van der Waals surface area contributed by atoms with Gasteiger partial charge in [-0.05, 0) is 18.6 Å². The van der Waals surface area contributed by atoms with Crippen molar-refractivity contribution in [2.75, 3.05) is 18.6 Å². The third kappa shape index (κ3) is 4.01. The topological polar surface area (TPSA) is 106 Å². The van der Waals surface area contributed by atoms with Crippen molar-refractivity contribution in [3.05, 3.63) is 23.0 Å². The molecule has 0 aromatic carbocycles. The molecule has 0 aliphatic rings. The largest absolute Gasteiger partial charge is 0.396 e. The highest BCUT2D eigenvalue weighted by Crippen LogP contribution is 2.15. The maximum atomic E-state index is 10.8. The fraction of sp³-hybridized carbons (Fsp3) is 0.400. The van der Waals surface area contributed by atoms with Crippen LogP contribution in [0, 0.1) is 18.3 Å². The van der Waals surface area contributed by atoms with E-state index in [9.17, 15) is 8.42 Å². The third-order valence-corrected chi connectivity index (χ3v) is 2.67. The summed E-state index contributed by atoms with van der Waals surface area (Å²) < 4.78 is 26.1. The molecule has 0 atom stereocenters. The fourth-order valence-electron chi connectivity index (χ4n) is 1.26. The fourth-order valence-corrected chi connectivity index (χ4v) is 1.65. The van der Waals surface area contributed by atoms with Crippen molar-refractivity contribution in [2.24, 2.45) is 0 Å². The van der Waals surface area contributed by atoms with Crippen LogP contribution < -0.4 is 5.73 Å². The lowest BCUT2D eigenvalue weighted by Crippen LogP contribution is -2.08. The first-order chi connectivity index (χ1) is 7.83. The zero-order valence-electron chi connectivity index (χ0n) is 9.60. The average molecular weight is 255 g/mol. The number of nitriles is 1. The summed E-state index contributed by atoms with van der Waals surface area (Å²) in [6.45, 7) is 1.76. The number of pyridine rings is 1. The van der Waals surface area contributed by atoms with Crippen molar-refractivity contribution in [1.29, 1.82) is 5.26 Å². The smallest absolute Gasteiger partial charge is 0.264 e. The van der Waals surface area contributed by atoms with Crippen molar-refractivity contribution in [2.45, 2.75) is 13.3 Å². The number of hydrogen-bond donors (Lipinski definition) is 1. The molecule has 0 fully saturated rings. The molecule has 2 N–H and O–H groups in total. The number of nitrogens with two attached hydrogens (primary N) is 1. The van der Waals surface area contributed by atoms with Crippen LogP contribution in [-0.4, -0.2) is 26.3 Å². The van der Waals surface area contributed by atoms with Gasteiger partial charge in [-0.15, -0.1) is 0 Å². The normalized spacial score (nSPS) is 11.1. The highest BCUT2D eigenvalue weighted by molar-refractivity contribution is 7.85. The Morgan fingerprint density at radius 2 is 2.24 bits per heavy atom. The summed E-state index contributed by atoms with van der Waals surface area (Å²) >= 11 is 0. The van der Waals surface area contributed by atoms with E-state index in [4.69, 9.17) is 11.0 Å². The summed E-state index contributed by atoms with van der Waals surface area (Å²) in [6, 6.07) is 3.60. The van der Waals surface area contributed by atoms with Gasteiger partial charge >= 0.3 is 0 Å². The van der Waals surface area contributed by atoms with Gasteiger partial charge in [0.25, 0.3) is 10.1 Å². The van der Waals surface area contributed by atoms with Crippen LogP contribution in [0.5, 0.6) is 0 Å². The Bertz CT molecular complexity index is 561. The van der Waals surface area contributed by atoms with Crippen molar-refractivity contribution in [3.63, 3.8) is 0 Å². The predicted octanol–water partition coefficient (Wildman–Crippen LogP) is 0.363. The minimum absolute atomic E-state index is 0.0000595. The van der Waals surface area contributed by atoms with Gasteiger partial charge in [-0.25, -0.2) is 4.98 Å². The first kappa shape index (κ1) is 13.4. The summed E-state index contributed by atoms with van der Waals surface area (Å²) in [5, 5.41) is 8.80. The molecule has 0 saturated heterocycles. The summed E-state index contributed by atoms with van der Waals surface area (Å²) in [4.78, 5) is 4.01. The van der Waals surface area contributed by atoms with Crippen LogP contribution in [0.15, 0.2) is 6.07 Å². The second kappa shape index (κ2) is 5.12. The van der Waals surface area contributed by atoms with Crippen molar-refractivity contribution in [3.8, 4) is 6.07 Å². The van der Waals surface area contributed by atoms with E-state index in [2.05, 4.69) is 9.17 Å². The molecule has 0 radical (unpaired) electrons. The number of aryl methyl sites for hydroxylation is 1. The van der Waals surface area contributed by atoms with Crippen molar-refractivity contribution in [1.82, 2.24) is 4.98 Å². The van der Waals surface area contributed by atoms with E-state index in [0.29, 0.717) is 17.8 Å². The van der Waals surface area contributed by atoms with Gasteiger partial charge in [0.05, 0.1) is 18.6 Å². The minimum Gasteiger partial charge on any atom is -0.396 e. The van der Waals surface area contributed by atoms with E-state index in [1.165, 1.54) is 0 Å². The van der Waals surface area contributed by atoms with Crippen LogP contribution >= 0.6 is 0 Å². The molecule has 0 aliphatic heterocycles. The second-order valence-corrected chi connectivity index (χ2v) is 5.22. The molecule has 0 saturated carbocycles. The summed E-state index contributed by atoms with van der Waals surface area (Å²) in [7, 11) is -3.45. The van der Waals surface area contributed by atoms with Gasteiger partial charge in [0, 0.05) is 12.1 Å².